The fourth-order valence-electron chi connectivity index (χ4n) is 1.51. The highest BCUT2D eigenvalue weighted by Gasteiger charge is 2.17. The Morgan fingerprint density at radius 1 is 1.00 bits per heavy atom. The van der Waals surface area contributed by atoms with Gasteiger partial charge >= 0.3 is 0 Å². The highest BCUT2D eigenvalue weighted by molar-refractivity contribution is 4.70. The van der Waals surface area contributed by atoms with Crippen molar-refractivity contribution in [2.75, 3.05) is 0 Å². The molecule has 0 N–H and O–H groups in total. The average Bonchev–Trinajstić information content (AvgIpc) is 2.29. The molecule has 16 heavy (non-hydrogen) atoms. The Hall–Kier alpha value is 0. The van der Waals surface area contributed by atoms with Crippen molar-refractivity contribution in [3.63, 3.8) is 0 Å². The second-order valence-corrected chi connectivity index (χ2v) is 4.89. The van der Waals surface area contributed by atoms with Gasteiger partial charge in [0, 0.05) is 0 Å². The summed E-state index contributed by atoms with van der Waals surface area (Å²) in [6.45, 7) is 13.0. The lowest BCUT2D eigenvalue weighted by molar-refractivity contribution is 0.272. The van der Waals surface area contributed by atoms with E-state index >= 15 is 0 Å². The van der Waals surface area contributed by atoms with E-state index in [2.05, 4.69) is 27.7 Å². The highest BCUT2D eigenvalue weighted by atomic mass is 14.2. The maximum atomic E-state index is 2.37. The zero-order valence-electron chi connectivity index (χ0n) is 12.8. The van der Waals surface area contributed by atoms with Crippen LogP contribution in [0.3, 0.4) is 0 Å². The van der Waals surface area contributed by atoms with E-state index in [0.717, 1.165) is 11.8 Å². The van der Waals surface area contributed by atoms with Crippen molar-refractivity contribution >= 4 is 0 Å². The minimum Gasteiger partial charge on any atom is -0.0683 e. The van der Waals surface area contributed by atoms with Gasteiger partial charge in [-0.1, -0.05) is 92.9 Å². The van der Waals surface area contributed by atoms with E-state index in [4.69, 9.17) is 0 Å². The largest absolute Gasteiger partial charge is 0.0683 e. The van der Waals surface area contributed by atoms with Crippen LogP contribution in [-0.4, -0.2) is 0 Å². The monoisotopic (exact) mass is 228 g/mol. The lowest BCUT2D eigenvalue weighted by Crippen LogP contribution is -2.11. The Morgan fingerprint density at radius 2 is 1.50 bits per heavy atom. The van der Waals surface area contributed by atoms with Crippen LogP contribution in [0, 0.1) is 11.8 Å². The molecule has 0 heterocycles. The molecule has 1 atom stereocenters. The lowest BCUT2D eigenvalue weighted by Gasteiger charge is -2.26. The summed E-state index contributed by atoms with van der Waals surface area (Å²) in [6, 6.07) is 0. The second kappa shape index (κ2) is 15.0. The SMILES string of the molecule is CC.CCC(C)CCC1CCC1.CCCC. The molecule has 100 valence electrons. The molecular weight excluding hydrogens is 192 g/mol. The van der Waals surface area contributed by atoms with Gasteiger partial charge in [-0.15, -0.1) is 0 Å². The van der Waals surface area contributed by atoms with Crippen LogP contribution in [0.2, 0.25) is 0 Å². The molecule has 1 aliphatic carbocycles. The number of unbranched alkanes of at least 4 members (excludes halogenated alkanes) is 1. The Kier molecular flexibility index (Phi) is 17.2. The van der Waals surface area contributed by atoms with Gasteiger partial charge in [-0.05, 0) is 11.8 Å². The van der Waals surface area contributed by atoms with Gasteiger partial charge in [0.25, 0.3) is 0 Å². The molecule has 0 heteroatoms. The highest BCUT2D eigenvalue weighted by Crippen LogP contribution is 2.31. The third-order valence-electron chi connectivity index (χ3n) is 3.49. The van der Waals surface area contributed by atoms with Crippen LogP contribution in [-0.2, 0) is 0 Å². The third-order valence-corrected chi connectivity index (χ3v) is 3.49. The van der Waals surface area contributed by atoms with Gasteiger partial charge < -0.3 is 0 Å². The van der Waals surface area contributed by atoms with Crippen molar-refractivity contribution in [3.05, 3.63) is 0 Å². The predicted molar refractivity (Wildman–Crippen MR) is 78.0 cm³/mol. The van der Waals surface area contributed by atoms with Crippen LogP contribution in [0.25, 0.3) is 0 Å². The van der Waals surface area contributed by atoms with Crippen LogP contribution in [0.1, 0.15) is 92.9 Å². The summed E-state index contributed by atoms with van der Waals surface area (Å²) in [5, 5.41) is 0. The van der Waals surface area contributed by atoms with Crippen molar-refractivity contribution < 1.29 is 0 Å². The molecule has 0 aromatic heterocycles. The summed E-state index contributed by atoms with van der Waals surface area (Å²) in [4.78, 5) is 0. The van der Waals surface area contributed by atoms with Crippen molar-refractivity contribution in [2.24, 2.45) is 11.8 Å². The molecule has 1 fully saturated rings. The molecule has 0 spiro atoms. The summed E-state index contributed by atoms with van der Waals surface area (Å²) in [5.41, 5.74) is 0. The van der Waals surface area contributed by atoms with Gasteiger partial charge in [0.05, 0.1) is 0 Å². The smallest absolute Gasteiger partial charge is 0.0414 e. The normalized spacial score (nSPS) is 16.1. The molecular formula is C16H36. The van der Waals surface area contributed by atoms with Gasteiger partial charge in [-0.25, -0.2) is 0 Å². The summed E-state index contributed by atoms with van der Waals surface area (Å²) >= 11 is 0. The molecule has 0 amide bonds. The van der Waals surface area contributed by atoms with Crippen molar-refractivity contribution in [2.45, 2.75) is 92.9 Å². The second-order valence-electron chi connectivity index (χ2n) is 4.89. The first-order valence-electron chi connectivity index (χ1n) is 7.74. The molecule has 0 radical (unpaired) electrons. The molecule has 0 bridgehead atoms. The lowest BCUT2D eigenvalue weighted by atomic mass is 9.80. The van der Waals surface area contributed by atoms with E-state index in [1.807, 2.05) is 13.8 Å². The van der Waals surface area contributed by atoms with Gasteiger partial charge in [0.15, 0.2) is 0 Å². The van der Waals surface area contributed by atoms with E-state index in [1.165, 1.54) is 51.4 Å². The van der Waals surface area contributed by atoms with Crippen LogP contribution in [0.4, 0.5) is 0 Å². The first-order chi connectivity index (χ1) is 7.74. The number of hydrogen-bond donors (Lipinski definition) is 0. The number of rotatable bonds is 5. The Balaban J connectivity index is 0. The molecule has 1 aliphatic rings. The van der Waals surface area contributed by atoms with Gasteiger partial charge in [-0.2, -0.15) is 0 Å². The summed E-state index contributed by atoms with van der Waals surface area (Å²) in [5.74, 6) is 2.09. The quantitative estimate of drug-likeness (QED) is 0.507. The molecule has 1 unspecified atom stereocenters. The molecule has 0 nitrogen and oxygen atoms in total. The molecule has 1 rings (SSSR count). The average molecular weight is 228 g/mol. The van der Waals surface area contributed by atoms with E-state index in [-0.39, 0.29) is 0 Å². The van der Waals surface area contributed by atoms with Gasteiger partial charge in [0.2, 0.25) is 0 Å². The minimum absolute atomic E-state index is 0.973. The van der Waals surface area contributed by atoms with Crippen molar-refractivity contribution in [1.82, 2.24) is 0 Å². The van der Waals surface area contributed by atoms with Crippen molar-refractivity contribution in [1.29, 1.82) is 0 Å². The fourth-order valence-corrected chi connectivity index (χ4v) is 1.51. The zero-order valence-corrected chi connectivity index (χ0v) is 12.8. The molecule has 0 aliphatic heterocycles. The Bertz CT molecular complexity index is 95.9. The molecule has 0 aromatic rings. The van der Waals surface area contributed by atoms with Crippen LogP contribution in [0.15, 0.2) is 0 Å². The zero-order chi connectivity index (χ0) is 12.8. The third kappa shape index (κ3) is 12.1. The first kappa shape index (κ1) is 18.4. The maximum Gasteiger partial charge on any atom is -0.0414 e. The first-order valence-corrected chi connectivity index (χ1v) is 7.74. The predicted octanol–water partition coefficient (Wildman–Crippen LogP) is 6.45. The van der Waals surface area contributed by atoms with E-state index in [0.29, 0.717) is 0 Å². The molecule has 0 aromatic carbocycles. The topological polar surface area (TPSA) is 0 Å². The standard InChI is InChI=1S/C10H20.C4H10.C2H6/c1-3-9(2)7-8-10-5-4-6-10;1-3-4-2;1-2/h9-10H,3-8H2,1-2H3;3-4H2,1-2H3;1-2H3. The number of hydrogen-bond acceptors (Lipinski definition) is 0. The van der Waals surface area contributed by atoms with Crippen LogP contribution >= 0.6 is 0 Å². The summed E-state index contributed by atoms with van der Waals surface area (Å²) < 4.78 is 0. The molecule has 1 saturated carbocycles. The Labute approximate surface area is 105 Å². The van der Waals surface area contributed by atoms with Crippen LogP contribution < -0.4 is 0 Å². The van der Waals surface area contributed by atoms with Crippen LogP contribution in [0.5, 0.6) is 0 Å². The maximum absolute atomic E-state index is 2.37. The fraction of sp³-hybridized carbons (Fsp3) is 1.00. The van der Waals surface area contributed by atoms with Gasteiger partial charge in [0.1, 0.15) is 0 Å². The molecule has 0 saturated heterocycles. The van der Waals surface area contributed by atoms with E-state index < -0.39 is 0 Å². The van der Waals surface area contributed by atoms with E-state index in [9.17, 15) is 0 Å². The van der Waals surface area contributed by atoms with Crippen molar-refractivity contribution in [3.8, 4) is 0 Å². The van der Waals surface area contributed by atoms with Gasteiger partial charge in [-0.3, -0.25) is 0 Å². The summed E-state index contributed by atoms with van der Waals surface area (Å²) in [6.07, 6.45) is 11.5. The Morgan fingerprint density at radius 3 is 1.75 bits per heavy atom. The summed E-state index contributed by atoms with van der Waals surface area (Å²) in [7, 11) is 0. The minimum atomic E-state index is 0.973. The van der Waals surface area contributed by atoms with E-state index in [1.54, 1.807) is 0 Å².